The lowest BCUT2D eigenvalue weighted by Gasteiger charge is -2.22. The zero-order valence-corrected chi connectivity index (χ0v) is 14.8. The fourth-order valence-corrected chi connectivity index (χ4v) is 3.02. The number of rotatable bonds is 5. The molecule has 2 aromatic rings. The molecule has 0 spiro atoms. The maximum Gasteiger partial charge on any atom is 0.325 e. The van der Waals surface area contributed by atoms with Gasteiger partial charge >= 0.3 is 6.03 Å². The highest BCUT2D eigenvalue weighted by Gasteiger charge is 2.49. The highest BCUT2D eigenvalue weighted by Crippen LogP contribution is 2.28. The predicted octanol–water partition coefficient (Wildman–Crippen LogP) is 2.65. The van der Waals surface area contributed by atoms with E-state index in [0.29, 0.717) is 11.3 Å². The van der Waals surface area contributed by atoms with Gasteiger partial charge in [0.15, 0.2) is 0 Å². The first-order chi connectivity index (χ1) is 12.4. The molecule has 1 saturated heterocycles. The van der Waals surface area contributed by atoms with Gasteiger partial charge in [-0.05, 0) is 36.6 Å². The normalized spacial score (nSPS) is 19.4. The molecule has 2 aromatic carbocycles. The fraction of sp³-hybridized carbons (Fsp3) is 0.250. The van der Waals surface area contributed by atoms with Crippen LogP contribution in [0.4, 0.5) is 10.5 Å². The highest BCUT2D eigenvalue weighted by molar-refractivity contribution is 6.10. The van der Waals surface area contributed by atoms with E-state index in [9.17, 15) is 14.4 Å². The third-order valence-electron chi connectivity index (χ3n) is 4.55. The Hall–Kier alpha value is -3.15. The molecule has 0 saturated carbocycles. The predicted molar refractivity (Wildman–Crippen MR) is 98.5 cm³/mol. The summed E-state index contributed by atoms with van der Waals surface area (Å²) in [5.74, 6) is -0.856. The Morgan fingerprint density at radius 1 is 1.12 bits per heavy atom. The van der Waals surface area contributed by atoms with Crippen LogP contribution in [0.1, 0.15) is 25.0 Å². The van der Waals surface area contributed by atoms with E-state index in [2.05, 4.69) is 10.6 Å². The second kappa shape index (κ2) is 7.00. The number of nitrogens with zero attached hydrogens (tertiary/aromatic N) is 1. The zero-order valence-electron chi connectivity index (χ0n) is 14.8. The summed E-state index contributed by atoms with van der Waals surface area (Å²) >= 11 is 0. The van der Waals surface area contributed by atoms with Crippen molar-refractivity contribution in [2.45, 2.75) is 25.8 Å². The van der Waals surface area contributed by atoms with Gasteiger partial charge in [-0.15, -0.1) is 0 Å². The minimum Gasteiger partial charge on any atom is -0.325 e. The molecule has 1 fully saturated rings. The quantitative estimate of drug-likeness (QED) is 0.813. The van der Waals surface area contributed by atoms with Crippen LogP contribution < -0.4 is 10.6 Å². The molecule has 1 heterocycles. The lowest BCUT2D eigenvalue weighted by molar-refractivity contribution is -0.133. The molecular weight excluding hydrogens is 330 g/mol. The van der Waals surface area contributed by atoms with E-state index >= 15 is 0 Å². The SMILES string of the molecule is CCc1cccc(NC(=O)CN2C(=O)N[C@](C)(c3ccccc3)C2=O)c1. The average molecular weight is 351 g/mol. The standard InChI is InChI=1S/C20H21N3O3/c1-3-14-8-7-11-16(12-14)21-17(24)13-23-18(25)20(2,22-19(23)26)15-9-5-4-6-10-15/h4-12H,3,13H2,1-2H3,(H,21,24)(H,22,26)/t20-/m1/s1. The van der Waals surface area contributed by atoms with Gasteiger partial charge in [0, 0.05) is 5.69 Å². The Morgan fingerprint density at radius 2 is 1.85 bits per heavy atom. The molecule has 1 aliphatic rings. The molecule has 2 N–H and O–H groups in total. The van der Waals surface area contributed by atoms with Crippen molar-refractivity contribution in [2.24, 2.45) is 0 Å². The zero-order chi connectivity index (χ0) is 18.7. The summed E-state index contributed by atoms with van der Waals surface area (Å²) in [6.07, 6.45) is 0.853. The Balaban J connectivity index is 1.72. The number of carbonyl (C=O) groups excluding carboxylic acids is 3. The summed E-state index contributed by atoms with van der Waals surface area (Å²) in [7, 11) is 0. The average Bonchev–Trinajstić information content (AvgIpc) is 2.87. The van der Waals surface area contributed by atoms with E-state index in [4.69, 9.17) is 0 Å². The Labute approximate surface area is 152 Å². The third kappa shape index (κ3) is 3.31. The maximum absolute atomic E-state index is 12.8. The summed E-state index contributed by atoms with van der Waals surface area (Å²) in [6, 6.07) is 15.9. The lowest BCUT2D eigenvalue weighted by Crippen LogP contribution is -2.42. The number of benzene rings is 2. The number of nitrogens with one attached hydrogen (secondary N) is 2. The topological polar surface area (TPSA) is 78.5 Å². The van der Waals surface area contributed by atoms with Crippen LogP contribution in [-0.2, 0) is 21.5 Å². The molecule has 134 valence electrons. The monoisotopic (exact) mass is 351 g/mol. The fourth-order valence-electron chi connectivity index (χ4n) is 3.02. The van der Waals surface area contributed by atoms with Crippen LogP contribution in [0.5, 0.6) is 0 Å². The summed E-state index contributed by atoms with van der Waals surface area (Å²) in [6.45, 7) is 3.34. The number of hydrogen-bond donors (Lipinski definition) is 2. The molecule has 1 atom stereocenters. The minimum absolute atomic E-state index is 0.330. The van der Waals surface area contributed by atoms with Crippen molar-refractivity contribution in [3.8, 4) is 0 Å². The van der Waals surface area contributed by atoms with E-state index in [1.54, 1.807) is 37.3 Å². The van der Waals surface area contributed by atoms with Gasteiger partial charge in [0.1, 0.15) is 12.1 Å². The van der Waals surface area contributed by atoms with Crippen LogP contribution in [0.3, 0.4) is 0 Å². The van der Waals surface area contributed by atoms with Crippen LogP contribution >= 0.6 is 0 Å². The highest BCUT2D eigenvalue weighted by atomic mass is 16.2. The second-order valence-electron chi connectivity index (χ2n) is 6.41. The second-order valence-corrected chi connectivity index (χ2v) is 6.41. The molecule has 0 aliphatic carbocycles. The molecule has 0 unspecified atom stereocenters. The van der Waals surface area contributed by atoms with E-state index in [1.807, 2.05) is 31.2 Å². The number of imide groups is 1. The van der Waals surface area contributed by atoms with Gasteiger partial charge in [0.2, 0.25) is 5.91 Å². The summed E-state index contributed by atoms with van der Waals surface area (Å²) in [5.41, 5.74) is 1.25. The van der Waals surface area contributed by atoms with Gasteiger partial charge in [-0.25, -0.2) is 4.79 Å². The number of anilines is 1. The molecule has 0 aromatic heterocycles. The van der Waals surface area contributed by atoms with Gasteiger partial charge in [-0.1, -0.05) is 49.4 Å². The van der Waals surface area contributed by atoms with Crippen LogP contribution in [0.15, 0.2) is 54.6 Å². The van der Waals surface area contributed by atoms with Crippen molar-refractivity contribution >= 4 is 23.5 Å². The van der Waals surface area contributed by atoms with E-state index in [-0.39, 0.29) is 6.54 Å². The minimum atomic E-state index is -1.17. The third-order valence-corrected chi connectivity index (χ3v) is 4.55. The first kappa shape index (κ1) is 17.7. The number of aryl methyl sites for hydroxylation is 1. The number of carbonyl (C=O) groups is 3. The van der Waals surface area contributed by atoms with Crippen molar-refractivity contribution in [3.63, 3.8) is 0 Å². The van der Waals surface area contributed by atoms with Gasteiger partial charge in [0.25, 0.3) is 5.91 Å². The molecule has 3 rings (SSSR count). The molecule has 4 amide bonds. The lowest BCUT2D eigenvalue weighted by atomic mass is 9.92. The number of amides is 4. The van der Waals surface area contributed by atoms with Gasteiger partial charge in [0.05, 0.1) is 0 Å². The first-order valence-corrected chi connectivity index (χ1v) is 8.52. The van der Waals surface area contributed by atoms with Crippen LogP contribution in [0, 0.1) is 0 Å². The van der Waals surface area contributed by atoms with E-state index in [0.717, 1.165) is 16.9 Å². The van der Waals surface area contributed by atoms with E-state index in [1.165, 1.54) is 0 Å². The number of hydrogen-bond acceptors (Lipinski definition) is 3. The van der Waals surface area contributed by atoms with Crippen LogP contribution in [0.25, 0.3) is 0 Å². The van der Waals surface area contributed by atoms with Crippen molar-refractivity contribution in [3.05, 3.63) is 65.7 Å². The van der Waals surface area contributed by atoms with Crippen LogP contribution in [0.2, 0.25) is 0 Å². The smallest absolute Gasteiger partial charge is 0.325 e. The Bertz CT molecular complexity index is 850. The summed E-state index contributed by atoms with van der Waals surface area (Å²) < 4.78 is 0. The molecule has 0 bridgehead atoms. The van der Waals surface area contributed by atoms with Gasteiger partial charge in [-0.3, -0.25) is 14.5 Å². The van der Waals surface area contributed by atoms with Crippen molar-refractivity contribution in [2.75, 3.05) is 11.9 Å². The molecule has 6 heteroatoms. The summed E-state index contributed by atoms with van der Waals surface area (Å²) in [4.78, 5) is 38.3. The molecular formula is C20H21N3O3. The largest absolute Gasteiger partial charge is 0.325 e. The summed E-state index contributed by atoms with van der Waals surface area (Å²) in [5, 5.41) is 5.43. The van der Waals surface area contributed by atoms with Gasteiger partial charge in [-0.2, -0.15) is 0 Å². The number of urea groups is 1. The molecule has 1 aliphatic heterocycles. The van der Waals surface area contributed by atoms with Crippen molar-refractivity contribution in [1.82, 2.24) is 10.2 Å². The first-order valence-electron chi connectivity index (χ1n) is 8.52. The van der Waals surface area contributed by atoms with E-state index < -0.39 is 23.4 Å². The van der Waals surface area contributed by atoms with Gasteiger partial charge < -0.3 is 10.6 Å². The maximum atomic E-state index is 12.8. The van der Waals surface area contributed by atoms with Crippen molar-refractivity contribution < 1.29 is 14.4 Å². The van der Waals surface area contributed by atoms with Crippen molar-refractivity contribution in [1.29, 1.82) is 0 Å². The Kier molecular flexibility index (Phi) is 4.75. The molecule has 0 radical (unpaired) electrons. The molecule has 6 nitrogen and oxygen atoms in total. The Morgan fingerprint density at radius 3 is 2.54 bits per heavy atom. The molecule has 26 heavy (non-hydrogen) atoms. The van der Waals surface area contributed by atoms with Crippen LogP contribution in [-0.4, -0.2) is 29.3 Å².